The van der Waals surface area contributed by atoms with E-state index in [1.807, 2.05) is 11.0 Å². The molecular weight excluding hydrogens is 334 g/mol. The molecule has 0 bridgehead atoms. The zero-order valence-corrected chi connectivity index (χ0v) is 16.0. The van der Waals surface area contributed by atoms with Crippen molar-refractivity contribution in [2.45, 2.75) is 32.7 Å². The van der Waals surface area contributed by atoms with Crippen molar-refractivity contribution in [3.63, 3.8) is 0 Å². The lowest BCUT2D eigenvalue weighted by Gasteiger charge is -2.16. The van der Waals surface area contributed by atoms with Crippen molar-refractivity contribution in [2.75, 3.05) is 13.1 Å². The number of aromatic nitrogens is 2. The van der Waals surface area contributed by atoms with Gasteiger partial charge in [-0.15, -0.1) is 6.58 Å². The summed E-state index contributed by atoms with van der Waals surface area (Å²) in [5.41, 5.74) is 5.96. The predicted molar refractivity (Wildman–Crippen MR) is 109 cm³/mol. The lowest BCUT2D eigenvalue weighted by molar-refractivity contribution is -0.127. The summed E-state index contributed by atoms with van der Waals surface area (Å²) in [6, 6.07) is 14.8. The molecule has 1 amide bonds. The molecule has 138 valence electrons. The summed E-state index contributed by atoms with van der Waals surface area (Å²) in [6.45, 7) is 10.1. The van der Waals surface area contributed by atoms with E-state index in [0.29, 0.717) is 19.5 Å². The number of hydrogen-bond acceptors (Lipinski definition) is 2. The van der Waals surface area contributed by atoms with E-state index in [2.05, 4.69) is 61.4 Å². The molecule has 0 N–H and O–H groups in total. The molecule has 1 aliphatic rings. The maximum atomic E-state index is 12.4. The average molecular weight is 359 g/mol. The summed E-state index contributed by atoms with van der Waals surface area (Å²) in [4.78, 5) is 19.2. The third-order valence-electron chi connectivity index (χ3n) is 5.45. The van der Waals surface area contributed by atoms with Crippen molar-refractivity contribution in [1.82, 2.24) is 14.5 Å². The molecule has 3 aromatic rings. The third-order valence-corrected chi connectivity index (χ3v) is 5.45. The van der Waals surface area contributed by atoms with E-state index in [1.54, 1.807) is 6.08 Å². The molecule has 1 atom stereocenters. The zero-order valence-electron chi connectivity index (χ0n) is 16.0. The van der Waals surface area contributed by atoms with Crippen LogP contribution >= 0.6 is 0 Å². The molecule has 2 heterocycles. The Balaban J connectivity index is 1.77. The molecule has 4 heteroatoms. The van der Waals surface area contributed by atoms with E-state index in [-0.39, 0.29) is 11.8 Å². The van der Waals surface area contributed by atoms with Crippen LogP contribution < -0.4 is 0 Å². The van der Waals surface area contributed by atoms with Gasteiger partial charge in [0.2, 0.25) is 5.91 Å². The number of fused-ring (bicyclic) bond motifs is 1. The maximum absolute atomic E-state index is 12.4. The van der Waals surface area contributed by atoms with Crippen LogP contribution in [0, 0.1) is 13.8 Å². The van der Waals surface area contributed by atoms with Crippen molar-refractivity contribution >= 4 is 16.9 Å². The first kappa shape index (κ1) is 17.5. The highest BCUT2D eigenvalue weighted by Crippen LogP contribution is 2.31. The summed E-state index contributed by atoms with van der Waals surface area (Å²) in [7, 11) is 0. The van der Waals surface area contributed by atoms with Crippen LogP contribution in [0.15, 0.2) is 55.1 Å². The van der Waals surface area contributed by atoms with E-state index in [1.165, 1.54) is 16.7 Å². The van der Waals surface area contributed by atoms with Crippen LogP contribution in [-0.4, -0.2) is 33.4 Å². The minimum atomic E-state index is 0.120. The van der Waals surface area contributed by atoms with Crippen LogP contribution in [0.1, 0.15) is 34.9 Å². The van der Waals surface area contributed by atoms with Gasteiger partial charge in [-0.2, -0.15) is 0 Å². The average Bonchev–Trinajstić information content (AvgIpc) is 3.20. The molecule has 1 aliphatic heterocycles. The molecule has 2 aromatic carbocycles. The van der Waals surface area contributed by atoms with Gasteiger partial charge in [-0.3, -0.25) is 4.79 Å². The van der Waals surface area contributed by atoms with Gasteiger partial charge in [-0.25, -0.2) is 4.98 Å². The summed E-state index contributed by atoms with van der Waals surface area (Å²) >= 11 is 0. The predicted octanol–water partition coefficient (Wildman–Crippen LogP) is 4.20. The molecule has 1 fully saturated rings. The molecule has 1 saturated heterocycles. The first-order valence-corrected chi connectivity index (χ1v) is 9.47. The van der Waals surface area contributed by atoms with Crippen LogP contribution in [0.4, 0.5) is 0 Å². The highest BCUT2D eigenvalue weighted by molar-refractivity contribution is 5.81. The highest BCUT2D eigenvalue weighted by Gasteiger charge is 2.33. The fraction of sp³-hybridized carbons (Fsp3) is 0.304. The van der Waals surface area contributed by atoms with E-state index in [0.717, 1.165) is 23.4 Å². The number of hydrogen-bond donors (Lipinski definition) is 0. The Bertz CT molecular complexity index is 1020. The van der Waals surface area contributed by atoms with Crippen molar-refractivity contribution in [3.8, 4) is 0 Å². The number of amides is 1. The second kappa shape index (κ2) is 7.03. The Morgan fingerprint density at radius 2 is 2.04 bits per heavy atom. The summed E-state index contributed by atoms with van der Waals surface area (Å²) < 4.78 is 2.30. The molecule has 0 aliphatic carbocycles. The van der Waals surface area contributed by atoms with Crippen molar-refractivity contribution in [3.05, 3.63) is 77.6 Å². The molecule has 4 rings (SSSR count). The normalized spacial score (nSPS) is 17.0. The standard InChI is InChI=1S/C23H25N3O/c1-4-11-25-14-19(13-22(25)27)23-24-20-7-5-6-8-21(20)26(23)15-18-12-16(2)9-10-17(18)3/h4-10,12,19H,1,11,13-15H2,2-3H3/t19-/m0/s1. The first-order chi connectivity index (χ1) is 13.1. The van der Waals surface area contributed by atoms with Crippen molar-refractivity contribution in [2.24, 2.45) is 0 Å². The largest absolute Gasteiger partial charge is 0.338 e. The van der Waals surface area contributed by atoms with Gasteiger partial charge >= 0.3 is 0 Å². The smallest absolute Gasteiger partial charge is 0.223 e. The van der Waals surface area contributed by atoms with Gasteiger partial charge in [0.05, 0.1) is 11.0 Å². The number of likely N-dealkylation sites (tertiary alicyclic amines) is 1. The molecule has 1 aromatic heterocycles. The van der Waals surface area contributed by atoms with Crippen LogP contribution in [-0.2, 0) is 11.3 Å². The van der Waals surface area contributed by atoms with Gasteiger partial charge in [0.15, 0.2) is 0 Å². The van der Waals surface area contributed by atoms with Gasteiger partial charge in [0.1, 0.15) is 5.82 Å². The monoisotopic (exact) mass is 359 g/mol. The zero-order chi connectivity index (χ0) is 19.0. The number of carbonyl (C=O) groups excluding carboxylic acids is 1. The Hall–Kier alpha value is -2.88. The molecule has 0 spiro atoms. The molecule has 0 unspecified atom stereocenters. The Labute approximate surface area is 160 Å². The van der Waals surface area contributed by atoms with Gasteiger partial charge < -0.3 is 9.47 Å². The maximum Gasteiger partial charge on any atom is 0.223 e. The lowest BCUT2D eigenvalue weighted by Crippen LogP contribution is -2.25. The van der Waals surface area contributed by atoms with E-state index < -0.39 is 0 Å². The number of carbonyl (C=O) groups is 1. The fourth-order valence-corrected chi connectivity index (χ4v) is 3.99. The number of nitrogens with zero attached hydrogens (tertiary/aromatic N) is 3. The van der Waals surface area contributed by atoms with Crippen LogP contribution in [0.2, 0.25) is 0 Å². The number of imidazole rings is 1. The minimum absolute atomic E-state index is 0.120. The molecule has 4 nitrogen and oxygen atoms in total. The van der Waals surface area contributed by atoms with Crippen LogP contribution in [0.25, 0.3) is 11.0 Å². The topological polar surface area (TPSA) is 38.1 Å². The third kappa shape index (κ3) is 3.27. The summed E-state index contributed by atoms with van der Waals surface area (Å²) in [5.74, 6) is 1.32. The number of para-hydroxylation sites is 2. The summed E-state index contributed by atoms with van der Waals surface area (Å²) in [5, 5.41) is 0. The summed E-state index contributed by atoms with van der Waals surface area (Å²) in [6.07, 6.45) is 2.31. The fourth-order valence-electron chi connectivity index (χ4n) is 3.99. The Morgan fingerprint density at radius 3 is 2.85 bits per heavy atom. The van der Waals surface area contributed by atoms with Gasteiger partial charge in [0.25, 0.3) is 0 Å². The molecule has 27 heavy (non-hydrogen) atoms. The minimum Gasteiger partial charge on any atom is -0.338 e. The molecule has 0 saturated carbocycles. The van der Waals surface area contributed by atoms with Crippen molar-refractivity contribution < 1.29 is 4.79 Å². The molecule has 0 radical (unpaired) electrons. The lowest BCUT2D eigenvalue weighted by atomic mass is 10.0. The van der Waals surface area contributed by atoms with Crippen LogP contribution in [0.5, 0.6) is 0 Å². The number of benzene rings is 2. The van der Waals surface area contributed by atoms with Crippen molar-refractivity contribution in [1.29, 1.82) is 0 Å². The van der Waals surface area contributed by atoms with E-state index >= 15 is 0 Å². The SMILES string of the molecule is C=CCN1C[C@@H](c2nc3ccccc3n2Cc2cc(C)ccc2C)CC1=O. The van der Waals surface area contributed by atoms with Gasteiger partial charge in [0, 0.05) is 32.0 Å². The number of rotatable bonds is 5. The number of aryl methyl sites for hydroxylation is 2. The Morgan fingerprint density at radius 1 is 1.22 bits per heavy atom. The second-order valence-electron chi connectivity index (χ2n) is 7.46. The van der Waals surface area contributed by atoms with Crippen LogP contribution in [0.3, 0.4) is 0 Å². The second-order valence-corrected chi connectivity index (χ2v) is 7.46. The highest BCUT2D eigenvalue weighted by atomic mass is 16.2. The first-order valence-electron chi connectivity index (χ1n) is 9.47. The van der Waals surface area contributed by atoms with Gasteiger partial charge in [-0.05, 0) is 37.1 Å². The molecular formula is C23H25N3O. The quantitative estimate of drug-likeness (QED) is 0.640. The van der Waals surface area contributed by atoms with Gasteiger partial charge in [-0.1, -0.05) is 42.0 Å². The Kier molecular flexibility index (Phi) is 4.56. The van der Waals surface area contributed by atoms with E-state index in [9.17, 15) is 4.79 Å². The van der Waals surface area contributed by atoms with E-state index in [4.69, 9.17) is 4.98 Å².